The van der Waals surface area contributed by atoms with Crippen molar-refractivity contribution in [3.05, 3.63) is 54.1 Å². The summed E-state index contributed by atoms with van der Waals surface area (Å²) in [5, 5.41) is 3.19. The predicted octanol–water partition coefficient (Wildman–Crippen LogP) is 3.23. The molecule has 1 atom stereocenters. The minimum Gasteiger partial charge on any atom is -0.453 e. The number of nitrogens with zero attached hydrogens (tertiary/aromatic N) is 1. The second-order valence-corrected chi connectivity index (χ2v) is 7.38. The topological polar surface area (TPSA) is 67.9 Å². The number of carbonyl (C=O) groups is 2. The van der Waals surface area contributed by atoms with E-state index in [0.29, 0.717) is 28.7 Å². The van der Waals surface area contributed by atoms with E-state index in [-0.39, 0.29) is 11.9 Å². The molecular formula is C22H24N2O4. The van der Waals surface area contributed by atoms with Gasteiger partial charge in [0.1, 0.15) is 5.75 Å². The summed E-state index contributed by atoms with van der Waals surface area (Å²) >= 11 is 0. The zero-order valence-electron chi connectivity index (χ0n) is 15.9. The normalized spacial score (nSPS) is 23.1. The molecule has 0 aromatic heterocycles. The van der Waals surface area contributed by atoms with E-state index in [2.05, 4.69) is 10.2 Å². The van der Waals surface area contributed by atoms with Crippen molar-refractivity contribution < 1.29 is 19.1 Å². The number of rotatable bonds is 5. The molecule has 5 rings (SSSR count). The van der Waals surface area contributed by atoms with Gasteiger partial charge in [0.15, 0.2) is 11.5 Å². The van der Waals surface area contributed by atoms with Crippen molar-refractivity contribution in [3.63, 3.8) is 0 Å². The van der Waals surface area contributed by atoms with Crippen LogP contribution in [0.5, 0.6) is 17.2 Å². The molecule has 3 heterocycles. The monoisotopic (exact) mass is 380 g/mol. The number of amides is 1. The van der Waals surface area contributed by atoms with Gasteiger partial charge in [-0.15, -0.1) is 0 Å². The maximum Gasteiger partial charge on any atom is 0.308 e. The molecule has 2 aromatic carbocycles. The second-order valence-electron chi connectivity index (χ2n) is 7.38. The summed E-state index contributed by atoms with van der Waals surface area (Å²) in [4.78, 5) is 26.2. The van der Waals surface area contributed by atoms with Gasteiger partial charge in [0, 0.05) is 25.1 Å². The fourth-order valence-corrected chi connectivity index (χ4v) is 3.96. The Kier molecular flexibility index (Phi) is 5.30. The summed E-state index contributed by atoms with van der Waals surface area (Å²) in [5.41, 5.74) is 0.608. The van der Waals surface area contributed by atoms with Gasteiger partial charge in [-0.1, -0.05) is 12.1 Å². The predicted molar refractivity (Wildman–Crippen MR) is 105 cm³/mol. The Balaban J connectivity index is 1.40. The number of para-hydroxylation sites is 2. The molecule has 0 radical (unpaired) electrons. The number of carbonyl (C=O) groups excluding carboxylic acids is 2. The first-order chi connectivity index (χ1) is 13.6. The first-order valence-electron chi connectivity index (χ1n) is 9.67. The first-order valence-corrected chi connectivity index (χ1v) is 9.67. The van der Waals surface area contributed by atoms with E-state index >= 15 is 0 Å². The van der Waals surface area contributed by atoms with Gasteiger partial charge in [-0.05, 0) is 68.2 Å². The molecule has 146 valence electrons. The molecule has 0 aliphatic carbocycles. The van der Waals surface area contributed by atoms with E-state index in [4.69, 9.17) is 9.47 Å². The van der Waals surface area contributed by atoms with Crippen LogP contribution in [0, 0.1) is 5.92 Å². The van der Waals surface area contributed by atoms with Crippen LogP contribution < -0.4 is 14.8 Å². The number of benzene rings is 2. The summed E-state index contributed by atoms with van der Waals surface area (Å²) in [6.07, 6.45) is 2.33. The van der Waals surface area contributed by atoms with Crippen molar-refractivity contribution in [2.75, 3.05) is 19.6 Å². The van der Waals surface area contributed by atoms with Crippen LogP contribution in [0.25, 0.3) is 0 Å². The van der Waals surface area contributed by atoms with Crippen LogP contribution in [-0.2, 0) is 4.79 Å². The van der Waals surface area contributed by atoms with Gasteiger partial charge in [-0.25, -0.2) is 0 Å². The van der Waals surface area contributed by atoms with Crippen LogP contribution >= 0.6 is 0 Å². The minimum absolute atomic E-state index is 0.0504. The van der Waals surface area contributed by atoms with Crippen LogP contribution in [0.15, 0.2) is 48.5 Å². The average molecular weight is 380 g/mol. The van der Waals surface area contributed by atoms with Gasteiger partial charge in [0.05, 0.1) is 0 Å². The fourth-order valence-electron chi connectivity index (χ4n) is 3.96. The lowest BCUT2D eigenvalue weighted by Gasteiger charge is -2.44. The molecule has 6 nitrogen and oxygen atoms in total. The van der Waals surface area contributed by atoms with Gasteiger partial charge in [-0.3, -0.25) is 9.59 Å². The van der Waals surface area contributed by atoms with E-state index in [1.807, 2.05) is 0 Å². The van der Waals surface area contributed by atoms with Crippen molar-refractivity contribution in [2.24, 2.45) is 5.92 Å². The third-order valence-electron chi connectivity index (χ3n) is 5.42. The summed E-state index contributed by atoms with van der Waals surface area (Å²) in [6.45, 7) is 4.60. The molecule has 0 spiro atoms. The Bertz CT molecular complexity index is 857. The number of hydrogen-bond acceptors (Lipinski definition) is 5. The highest BCUT2D eigenvalue weighted by atomic mass is 16.6. The maximum absolute atomic E-state index is 12.6. The molecule has 0 unspecified atom stereocenters. The zero-order chi connectivity index (χ0) is 19.5. The molecule has 3 aliphatic heterocycles. The van der Waals surface area contributed by atoms with Crippen molar-refractivity contribution in [1.82, 2.24) is 10.2 Å². The Morgan fingerprint density at radius 3 is 2.29 bits per heavy atom. The molecule has 1 amide bonds. The Morgan fingerprint density at radius 1 is 1.00 bits per heavy atom. The number of hydrogen-bond donors (Lipinski definition) is 1. The molecule has 2 bridgehead atoms. The summed E-state index contributed by atoms with van der Waals surface area (Å²) in [6, 6.07) is 14.2. The molecule has 2 aromatic rings. The molecule has 28 heavy (non-hydrogen) atoms. The lowest BCUT2D eigenvalue weighted by Crippen LogP contribution is -2.57. The molecular weight excluding hydrogens is 356 g/mol. The average Bonchev–Trinajstić information content (AvgIpc) is 2.70. The minimum atomic E-state index is -0.407. The Morgan fingerprint density at radius 2 is 1.68 bits per heavy atom. The standard InChI is InChI=1S/C22H24N2O4/c1-15(25)27-20-4-2-3-5-21(20)28-18-8-6-17(7-9-18)22(26)23-19-14-24-12-10-16(19)11-13-24/h2-9,16,19H,10-14H2,1H3,(H,23,26)/t19-/m0/s1. The third kappa shape index (κ3) is 4.17. The van der Waals surface area contributed by atoms with E-state index < -0.39 is 5.97 Å². The lowest BCUT2D eigenvalue weighted by molar-refractivity contribution is -0.132. The molecule has 6 heteroatoms. The quantitative estimate of drug-likeness (QED) is 0.637. The third-order valence-corrected chi connectivity index (χ3v) is 5.42. The highest BCUT2D eigenvalue weighted by Gasteiger charge is 2.34. The largest absolute Gasteiger partial charge is 0.453 e. The SMILES string of the molecule is CC(=O)Oc1ccccc1Oc1ccc(C(=O)N[C@H]2CN3CCC2CC3)cc1. The highest BCUT2D eigenvalue weighted by Crippen LogP contribution is 2.31. The van der Waals surface area contributed by atoms with Crippen molar-refractivity contribution in [2.45, 2.75) is 25.8 Å². The number of piperidine rings is 3. The fraction of sp³-hybridized carbons (Fsp3) is 0.364. The lowest BCUT2D eigenvalue weighted by atomic mass is 9.84. The van der Waals surface area contributed by atoms with Crippen LogP contribution in [0.3, 0.4) is 0 Å². The number of fused-ring (bicyclic) bond motifs is 3. The number of ether oxygens (including phenoxy) is 2. The van der Waals surface area contributed by atoms with Crippen LogP contribution in [0.2, 0.25) is 0 Å². The van der Waals surface area contributed by atoms with E-state index in [1.54, 1.807) is 48.5 Å². The van der Waals surface area contributed by atoms with E-state index in [1.165, 1.54) is 19.8 Å². The van der Waals surface area contributed by atoms with Crippen LogP contribution in [0.1, 0.15) is 30.1 Å². The van der Waals surface area contributed by atoms with Gasteiger partial charge in [-0.2, -0.15) is 0 Å². The molecule has 3 fully saturated rings. The van der Waals surface area contributed by atoms with Crippen LogP contribution in [0.4, 0.5) is 0 Å². The van der Waals surface area contributed by atoms with Crippen molar-refractivity contribution >= 4 is 11.9 Å². The Labute approximate surface area is 164 Å². The summed E-state index contributed by atoms with van der Waals surface area (Å²) in [5.74, 6) is 1.51. The van der Waals surface area contributed by atoms with Gasteiger partial charge in [0.2, 0.25) is 0 Å². The highest BCUT2D eigenvalue weighted by molar-refractivity contribution is 5.94. The molecule has 0 saturated carbocycles. The van der Waals surface area contributed by atoms with Gasteiger partial charge in [0.25, 0.3) is 5.91 Å². The van der Waals surface area contributed by atoms with Crippen LogP contribution in [-0.4, -0.2) is 42.5 Å². The van der Waals surface area contributed by atoms with Gasteiger partial charge >= 0.3 is 5.97 Å². The van der Waals surface area contributed by atoms with Gasteiger partial charge < -0.3 is 19.7 Å². The Hall–Kier alpha value is -2.86. The van der Waals surface area contributed by atoms with E-state index in [0.717, 1.165) is 19.6 Å². The smallest absolute Gasteiger partial charge is 0.308 e. The molecule has 3 aliphatic rings. The molecule has 3 saturated heterocycles. The maximum atomic E-state index is 12.6. The number of esters is 1. The zero-order valence-corrected chi connectivity index (χ0v) is 15.9. The van der Waals surface area contributed by atoms with E-state index in [9.17, 15) is 9.59 Å². The molecule has 1 N–H and O–H groups in total. The van der Waals surface area contributed by atoms with Crippen molar-refractivity contribution in [3.8, 4) is 17.2 Å². The summed E-state index contributed by atoms with van der Waals surface area (Å²) < 4.78 is 11.0. The second kappa shape index (κ2) is 8.02. The van der Waals surface area contributed by atoms with Crippen molar-refractivity contribution in [1.29, 1.82) is 0 Å². The number of nitrogens with one attached hydrogen (secondary N) is 1. The summed E-state index contributed by atoms with van der Waals surface area (Å²) in [7, 11) is 0. The first kappa shape index (κ1) is 18.5.